The fourth-order valence-electron chi connectivity index (χ4n) is 1.29. The molecule has 1 aromatic rings. The van der Waals surface area contributed by atoms with Crippen LogP contribution in [0, 0.1) is 14.9 Å². The van der Waals surface area contributed by atoms with Gasteiger partial charge in [-0.2, -0.15) is 5.26 Å². The zero-order valence-corrected chi connectivity index (χ0v) is 11.6. The highest BCUT2D eigenvalue weighted by Crippen LogP contribution is 2.27. The third-order valence-electron chi connectivity index (χ3n) is 2.09. The summed E-state index contributed by atoms with van der Waals surface area (Å²) in [6.07, 6.45) is -1.97. The summed E-state index contributed by atoms with van der Waals surface area (Å²) in [4.78, 5) is 15.1. The summed E-state index contributed by atoms with van der Waals surface area (Å²) in [5, 5.41) is 8.88. The standard InChI is InChI=1S/C11H9F2IN2O2/c1-2-18-9(17)3-8-10(14)6(4-15)7(5-16-8)11(12)13/h5,11H,2-3H2,1H3. The summed E-state index contributed by atoms with van der Waals surface area (Å²) in [5.74, 6) is -0.503. The molecule has 7 heteroatoms. The molecule has 18 heavy (non-hydrogen) atoms. The molecule has 0 aliphatic carbocycles. The number of ether oxygens (including phenoxy) is 1. The van der Waals surface area contributed by atoms with Gasteiger partial charge < -0.3 is 4.74 Å². The lowest BCUT2D eigenvalue weighted by atomic mass is 10.1. The summed E-state index contributed by atoms with van der Waals surface area (Å²) >= 11 is 1.74. The van der Waals surface area contributed by atoms with Crippen molar-refractivity contribution in [2.45, 2.75) is 19.8 Å². The number of rotatable bonds is 4. The van der Waals surface area contributed by atoms with Gasteiger partial charge in [-0.3, -0.25) is 9.78 Å². The maximum absolute atomic E-state index is 12.6. The van der Waals surface area contributed by atoms with E-state index in [1.807, 2.05) is 0 Å². The molecular weight excluding hydrogens is 357 g/mol. The number of esters is 1. The molecule has 1 aromatic heterocycles. The molecule has 0 atom stereocenters. The number of hydrogen-bond donors (Lipinski definition) is 0. The van der Waals surface area contributed by atoms with Crippen molar-refractivity contribution < 1.29 is 18.3 Å². The van der Waals surface area contributed by atoms with Gasteiger partial charge in [0.05, 0.1) is 33.4 Å². The zero-order chi connectivity index (χ0) is 13.7. The Bertz CT molecular complexity index is 501. The number of carbonyl (C=O) groups is 1. The second-order valence-electron chi connectivity index (χ2n) is 3.24. The van der Waals surface area contributed by atoms with Gasteiger partial charge in [0, 0.05) is 6.20 Å². The van der Waals surface area contributed by atoms with Gasteiger partial charge >= 0.3 is 5.97 Å². The van der Waals surface area contributed by atoms with E-state index < -0.39 is 18.0 Å². The minimum atomic E-state index is -2.77. The van der Waals surface area contributed by atoms with Gasteiger partial charge in [0.2, 0.25) is 0 Å². The van der Waals surface area contributed by atoms with Gasteiger partial charge in [-0.15, -0.1) is 0 Å². The quantitative estimate of drug-likeness (QED) is 0.607. The van der Waals surface area contributed by atoms with Crippen molar-refractivity contribution in [1.29, 1.82) is 5.26 Å². The Morgan fingerprint density at radius 1 is 1.67 bits per heavy atom. The molecule has 0 spiro atoms. The van der Waals surface area contributed by atoms with Crippen molar-refractivity contribution in [3.63, 3.8) is 0 Å². The summed E-state index contributed by atoms with van der Waals surface area (Å²) in [5.41, 5.74) is -0.288. The Morgan fingerprint density at radius 2 is 2.33 bits per heavy atom. The first-order valence-electron chi connectivity index (χ1n) is 5.02. The molecule has 0 amide bonds. The van der Waals surface area contributed by atoms with Crippen LogP contribution >= 0.6 is 22.6 Å². The van der Waals surface area contributed by atoms with E-state index in [-0.39, 0.29) is 27.9 Å². The fourth-order valence-corrected chi connectivity index (χ4v) is 2.05. The Hall–Kier alpha value is -1.30. The maximum atomic E-state index is 12.6. The second kappa shape index (κ2) is 6.58. The molecule has 0 N–H and O–H groups in total. The van der Waals surface area contributed by atoms with Crippen molar-refractivity contribution in [3.8, 4) is 6.07 Å². The van der Waals surface area contributed by atoms with Crippen LogP contribution in [0.25, 0.3) is 0 Å². The number of alkyl halides is 2. The first-order valence-corrected chi connectivity index (χ1v) is 6.10. The molecule has 0 saturated heterocycles. The summed E-state index contributed by atoms with van der Waals surface area (Å²) in [6.45, 7) is 1.90. The lowest BCUT2D eigenvalue weighted by Crippen LogP contribution is -2.11. The summed E-state index contributed by atoms with van der Waals surface area (Å²) in [7, 11) is 0. The van der Waals surface area contributed by atoms with Crippen LogP contribution in [0.3, 0.4) is 0 Å². The smallest absolute Gasteiger partial charge is 0.311 e. The van der Waals surface area contributed by atoms with Gasteiger partial charge in [-0.1, -0.05) is 0 Å². The van der Waals surface area contributed by atoms with Gasteiger partial charge in [0.15, 0.2) is 0 Å². The predicted octanol–water partition coefficient (Wildman–Crippen LogP) is 2.60. The molecule has 0 aliphatic rings. The number of hydrogen-bond acceptors (Lipinski definition) is 4. The van der Waals surface area contributed by atoms with E-state index in [4.69, 9.17) is 10.00 Å². The number of carbonyl (C=O) groups excluding carboxylic acids is 1. The lowest BCUT2D eigenvalue weighted by Gasteiger charge is -2.08. The van der Waals surface area contributed by atoms with Gasteiger partial charge in [-0.05, 0) is 29.5 Å². The molecule has 0 saturated carbocycles. The Kier molecular flexibility index (Phi) is 5.40. The zero-order valence-electron chi connectivity index (χ0n) is 9.41. The van der Waals surface area contributed by atoms with Crippen molar-refractivity contribution >= 4 is 28.6 Å². The monoisotopic (exact) mass is 366 g/mol. The van der Waals surface area contributed by atoms with Gasteiger partial charge in [-0.25, -0.2) is 8.78 Å². The average molecular weight is 366 g/mol. The highest BCUT2D eigenvalue weighted by molar-refractivity contribution is 14.1. The molecule has 0 fully saturated rings. The van der Waals surface area contributed by atoms with Crippen LogP contribution in [-0.2, 0) is 16.0 Å². The summed E-state index contributed by atoms with van der Waals surface area (Å²) in [6, 6.07) is 1.71. The largest absolute Gasteiger partial charge is 0.466 e. The maximum Gasteiger partial charge on any atom is 0.311 e. The van der Waals surface area contributed by atoms with Crippen LogP contribution in [-0.4, -0.2) is 17.6 Å². The third-order valence-corrected chi connectivity index (χ3v) is 3.25. The molecule has 96 valence electrons. The topological polar surface area (TPSA) is 63.0 Å². The molecule has 0 unspecified atom stereocenters. The second-order valence-corrected chi connectivity index (χ2v) is 4.32. The van der Waals surface area contributed by atoms with Crippen LogP contribution < -0.4 is 0 Å². The van der Waals surface area contributed by atoms with E-state index in [2.05, 4.69) is 4.98 Å². The van der Waals surface area contributed by atoms with Crippen LogP contribution in [0.5, 0.6) is 0 Å². The van der Waals surface area contributed by atoms with Crippen LogP contribution in [0.1, 0.15) is 30.2 Å². The van der Waals surface area contributed by atoms with Gasteiger partial charge in [0.25, 0.3) is 6.43 Å². The van der Waals surface area contributed by atoms with E-state index in [1.54, 1.807) is 35.6 Å². The fraction of sp³-hybridized carbons (Fsp3) is 0.364. The SMILES string of the molecule is CCOC(=O)Cc1ncc(C(F)F)c(C#N)c1I. The van der Waals surface area contributed by atoms with Crippen LogP contribution in [0.4, 0.5) is 8.78 Å². The minimum absolute atomic E-state index is 0.135. The molecule has 0 radical (unpaired) electrons. The van der Waals surface area contributed by atoms with E-state index in [1.165, 1.54) is 0 Å². The molecule has 1 heterocycles. The summed E-state index contributed by atoms with van der Waals surface area (Å²) < 4.78 is 30.3. The number of nitrogens with zero attached hydrogens (tertiary/aromatic N) is 2. The number of pyridine rings is 1. The van der Waals surface area contributed by atoms with Crippen LogP contribution in [0.15, 0.2) is 6.20 Å². The molecule has 4 nitrogen and oxygen atoms in total. The average Bonchev–Trinajstić information content (AvgIpc) is 2.31. The van der Waals surface area contributed by atoms with Gasteiger partial charge in [0.1, 0.15) is 6.07 Å². The molecule has 0 aliphatic heterocycles. The highest BCUT2D eigenvalue weighted by atomic mass is 127. The van der Waals surface area contributed by atoms with E-state index in [0.29, 0.717) is 0 Å². The van der Waals surface area contributed by atoms with Crippen molar-refractivity contribution in [3.05, 3.63) is 26.6 Å². The third kappa shape index (κ3) is 3.35. The first-order chi connectivity index (χ1) is 8.51. The first kappa shape index (κ1) is 14.8. The highest BCUT2D eigenvalue weighted by Gasteiger charge is 2.20. The number of nitriles is 1. The Morgan fingerprint density at radius 3 is 2.83 bits per heavy atom. The molecule has 0 aromatic carbocycles. The minimum Gasteiger partial charge on any atom is -0.466 e. The lowest BCUT2D eigenvalue weighted by molar-refractivity contribution is -0.142. The number of aromatic nitrogens is 1. The van der Waals surface area contributed by atoms with Crippen LogP contribution in [0.2, 0.25) is 0 Å². The van der Waals surface area contributed by atoms with E-state index in [0.717, 1.165) is 6.20 Å². The van der Waals surface area contributed by atoms with Crippen molar-refractivity contribution in [1.82, 2.24) is 4.98 Å². The molecular formula is C11H9F2IN2O2. The van der Waals surface area contributed by atoms with Crippen molar-refractivity contribution in [2.24, 2.45) is 0 Å². The van der Waals surface area contributed by atoms with E-state index >= 15 is 0 Å². The number of halogens is 3. The Labute approximate surface area is 116 Å². The Balaban J connectivity index is 3.11. The normalized spacial score (nSPS) is 10.2. The molecule has 1 rings (SSSR count). The van der Waals surface area contributed by atoms with E-state index in [9.17, 15) is 13.6 Å². The predicted molar refractivity (Wildman–Crippen MR) is 67.0 cm³/mol. The molecule has 0 bridgehead atoms. The van der Waals surface area contributed by atoms with Crippen molar-refractivity contribution in [2.75, 3.05) is 6.61 Å².